The molecule has 90 valence electrons. The molecule has 16 heavy (non-hydrogen) atoms. The summed E-state index contributed by atoms with van der Waals surface area (Å²) in [6, 6.07) is 2.11. The van der Waals surface area contributed by atoms with Crippen molar-refractivity contribution in [3.05, 3.63) is 22.4 Å². The predicted octanol–water partition coefficient (Wildman–Crippen LogP) is 3.69. The molecule has 0 aliphatic rings. The molecule has 0 aromatic carbocycles. The third-order valence-electron chi connectivity index (χ3n) is 3.01. The van der Waals surface area contributed by atoms with Gasteiger partial charge in [0.1, 0.15) is 0 Å². The van der Waals surface area contributed by atoms with Gasteiger partial charge < -0.3 is 5.32 Å². The quantitative estimate of drug-likeness (QED) is 0.806. The second-order valence-corrected chi connectivity index (χ2v) is 5.17. The minimum Gasteiger partial charge on any atom is -0.349 e. The molecule has 1 aromatic rings. The monoisotopic (exact) mass is 239 g/mol. The van der Waals surface area contributed by atoms with Gasteiger partial charge in [-0.05, 0) is 30.7 Å². The molecule has 1 heterocycles. The molecule has 2 unspecified atom stereocenters. The maximum Gasteiger partial charge on any atom is 0.252 e. The number of hydrogen-bond acceptors (Lipinski definition) is 2. The average molecular weight is 239 g/mol. The van der Waals surface area contributed by atoms with Gasteiger partial charge in [-0.2, -0.15) is 11.3 Å². The van der Waals surface area contributed by atoms with Crippen LogP contribution in [0.2, 0.25) is 0 Å². The number of nitrogens with one attached hydrogen (secondary N) is 1. The maximum atomic E-state index is 11.8. The molecule has 2 nitrogen and oxygen atoms in total. The highest BCUT2D eigenvalue weighted by Gasteiger charge is 2.15. The highest BCUT2D eigenvalue weighted by molar-refractivity contribution is 7.08. The van der Waals surface area contributed by atoms with E-state index >= 15 is 0 Å². The maximum absolute atomic E-state index is 11.8. The van der Waals surface area contributed by atoms with E-state index in [-0.39, 0.29) is 11.9 Å². The summed E-state index contributed by atoms with van der Waals surface area (Å²) in [6.07, 6.45) is 3.64. The zero-order valence-electron chi connectivity index (χ0n) is 10.3. The summed E-state index contributed by atoms with van der Waals surface area (Å²) in [5.74, 6) is 0.597. The van der Waals surface area contributed by atoms with Crippen LogP contribution in [0.25, 0.3) is 0 Å². The van der Waals surface area contributed by atoms with E-state index in [1.807, 2.05) is 16.8 Å². The minimum absolute atomic E-state index is 0.0529. The van der Waals surface area contributed by atoms with Gasteiger partial charge in [-0.3, -0.25) is 4.79 Å². The molecule has 0 radical (unpaired) electrons. The largest absolute Gasteiger partial charge is 0.349 e. The van der Waals surface area contributed by atoms with Crippen LogP contribution < -0.4 is 5.32 Å². The average Bonchev–Trinajstić information content (AvgIpc) is 2.79. The fourth-order valence-electron chi connectivity index (χ4n) is 1.60. The van der Waals surface area contributed by atoms with E-state index < -0.39 is 0 Å². The van der Waals surface area contributed by atoms with Crippen molar-refractivity contribution >= 4 is 17.2 Å². The Morgan fingerprint density at radius 3 is 2.81 bits per heavy atom. The Morgan fingerprint density at radius 2 is 2.25 bits per heavy atom. The first-order valence-corrected chi connectivity index (χ1v) is 6.92. The second kappa shape index (κ2) is 6.69. The summed E-state index contributed by atoms with van der Waals surface area (Å²) < 4.78 is 0. The van der Waals surface area contributed by atoms with Crippen molar-refractivity contribution in [2.24, 2.45) is 5.92 Å². The van der Waals surface area contributed by atoms with Crippen LogP contribution >= 0.6 is 11.3 Å². The van der Waals surface area contributed by atoms with Gasteiger partial charge in [-0.25, -0.2) is 0 Å². The standard InChI is InChI=1S/C13H21NOS/c1-4-5-6-10(2)11(3)14-13(15)12-7-8-16-9-12/h7-11H,4-6H2,1-3H3,(H,14,15). The lowest BCUT2D eigenvalue weighted by Gasteiger charge is -2.20. The fraction of sp³-hybridized carbons (Fsp3) is 0.615. The summed E-state index contributed by atoms with van der Waals surface area (Å²) in [5.41, 5.74) is 0.777. The van der Waals surface area contributed by atoms with Crippen molar-refractivity contribution in [3.8, 4) is 0 Å². The first kappa shape index (κ1) is 13.2. The van der Waals surface area contributed by atoms with E-state index in [2.05, 4.69) is 26.1 Å². The van der Waals surface area contributed by atoms with Crippen molar-refractivity contribution in [2.45, 2.75) is 46.1 Å². The molecule has 0 aliphatic heterocycles. The van der Waals surface area contributed by atoms with E-state index in [1.165, 1.54) is 19.3 Å². The minimum atomic E-state index is 0.0529. The molecule has 1 rings (SSSR count). The van der Waals surface area contributed by atoms with Gasteiger partial charge in [0.05, 0.1) is 0 Å². The summed E-state index contributed by atoms with van der Waals surface area (Å²) in [5, 5.41) is 6.88. The highest BCUT2D eigenvalue weighted by atomic mass is 32.1. The fourth-order valence-corrected chi connectivity index (χ4v) is 2.24. The van der Waals surface area contributed by atoms with Crippen molar-refractivity contribution in [1.82, 2.24) is 5.32 Å². The predicted molar refractivity (Wildman–Crippen MR) is 69.9 cm³/mol. The van der Waals surface area contributed by atoms with Crippen molar-refractivity contribution in [2.75, 3.05) is 0 Å². The molecule has 2 atom stereocenters. The Balaban J connectivity index is 2.39. The molecular weight excluding hydrogens is 218 g/mol. The normalized spacial score (nSPS) is 14.4. The number of amides is 1. The van der Waals surface area contributed by atoms with Gasteiger partial charge >= 0.3 is 0 Å². The molecular formula is C13H21NOS. The molecule has 0 bridgehead atoms. The van der Waals surface area contributed by atoms with Gasteiger partial charge in [-0.15, -0.1) is 0 Å². The Kier molecular flexibility index (Phi) is 5.53. The Morgan fingerprint density at radius 1 is 1.50 bits per heavy atom. The summed E-state index contributed by atoms with van der Waals surface area (Å²) in [4.78, 5) is 11.8. The lowest BCUT2D eigenvalue weighted by atomic mass is 9.97. The molecule has 0 fully saturated rings. The Labute approximate surface area is 102 Å². The molecule has 0 saturated carbocycles. The van der Waals surface area contributed by atoms with E-state index in [9.17, 15) is 4.79 Å². The van der Waals surface area contributed by atoms with Crippen LogP contribution in [0.15, 0.2) is 16.8 Å². The number of unbranched alkanes of at least 4 members (excludes halogenated alkanes) is 1. The van der Waals surface area contributed by atoms with E-state index in [0.717, 1.165) is 5.56 Å². The topological polar surface area (TPSA) is 29.1 Å². The molecule has 0 saturated heterocycles. The van der Waals surface area contributed by atoms with Gasteiger partial charge in [-0.1, -0.05) is 26.7 Å². The van der Waals surface area contributed by atoms with Crippen molar-refractivity contribution in [1.29, 1.82) is 0 Å². The lowest BCUT2D eigenvalue weighted by molar-refractivity contribution is 0.0927. The lowest BCUT2D eigenvalue weighted by Crippen LogP contribution is -2.36. The van der Waals surface area contributed by atoms with Crippen LogP contribution in [0.4, 0.5) is 0 Å². The smallest absolute Gasteiger partial charge is 0.252 e. The zero-order chi connectivity index (χ0) is 12.0. The Bertz CT molecular complexity index is 308. The zero-order valence-corrected chi connectivity index (χ0v) is 11.1. The first-order valence-electron chi connectivity index (χ1n) is 5.98. The van der Waals surface area contributed by atoms with Gasteiger partial charge in [0, 0.05) is 17.0 Å². The molecule has 0 aliphatic carbocycles. The van der Waals surface area contributed by atoms with Gasteiger partial charge in [0.15, 0.2) is 0 Å². The molecule has 3 heteroatoms. The molecule has 1 amide bonds. The van der Waals surface area contributed by atoms with Crippen LogP contribution in [0.1, 0.15) is 50.4 Å². The third-order valence-corrected chi connectivity index (χ3v) is 3.69. The van der Waals surface area contributed by atoms with Crippen molar-refractivity contribution < 1.29 is 4.79 Å². The second-order valence-electron chi connectivity index (χ2n) is 4.39. The summed E-state index contributed by atoms with van der Waals surface area (Å²) in [7, 11) is 0. The summed E-state index contributed by atoms with van der Waals surface area (Å²) in [6.45, 7) is 6.49. The SMILES string of the molecule is CCCCC(C)C(C)NC(=O)c1ccsc1. The van der Waals surface area contributed by atoms with Crippen LogP contribution in [-0.4, -0.2) is 11.9 Å². The van der Waals surface area contributed by atoms with Crippen LogP contribution in [0, 0.1) is 5.92 Å². The van der Waals surface area contributed by atoms with Crippen LogP contribution in [0.3, 0.4) is 0 Å². The van der Waals surface area contributed by atoms with E-state index in [0.29, 0.717) is 5.92 Å². The van der Waals surface area contributed by atoms with Crippen LogP contribution in [-0.2, 0) is 0 Å². The van der Waals surface area contributed by atoms with Gasteiger partial charge in [0.25, 0.3) is 5.91 Å². The number of carbonyl (C=O) groups excluding carboxylic acids is 1. The first-order chi connectivity index (χ1) is 7.65. The number of carbonyl (C=O) groups is 1. The summed E-state index contributed by atoms with van der Waals surface area (Å²) >= 11 is 1.56. The van der Waals surface area contributed by atoms with Crippen LogP contribution in [0.5, 0.6) is 0 Å². The molecule has 0 spiro atoms. The number of rotatable bonds is 6. The number of hydrogen-bond donors (Lipinski definition) is 1. The van der Waals surface area contributed by atoms with Crippen molar-refractivity contribution in [3.63, 3.8) is 0 Å². The molecule has 1 N–H and O–H groups in total. The Hall–Kier alpha value is -0.830. The van der Waals surface area contributed by atoms with Gasteiger partial charge in [0.2, 0.25) is 0 Å². The molecule has 1 aromatic heterocycles. The van der Waals surface area contributed by atoms with E-state index in [1.54, 1.807) is 11.3 Å². The van der Waals surface area contributed by atoms with E-state index in [4.69, 9.17) is 0 Å². The number of thiophene rings is 1. The highest BCUT2D eigenvalue weighted by Crippen LogP contribution is 2.13. The third kappa shape index (κ3) is 3.97.